The molecule has 0 aliphatic carbocycles. The molecule has 2 aromatic rings. The van der Waals surface area contributed by atoms with Crippen molar-refractivity contribution < 1.29 is 0 Å². The highest BCUT2D eigenvalue weighted by atomic mass is 15.3. The van der Waals surface area contributed by atoms with Crippen LogP contribution < -0.4 is 9.62 Å². The summed E-state index contributed by atoms with van der Waals surface area (Å²) in [6.45, 7) is 13.9. The zero-order valence-corrected chi connectivity index (χ0v) is 15.6. The van der Waals surface area contributed by atoms with Crippen LogP contribution in [0.3, 0.4) is 0 Å². The van der Waals surface area contributed by atoms with Crippen LogP contribution in [0, 0.1) is 5.41 Å². The molecule has 0 bridgehead atoms. The summed E-state index contributed by atoms with van der Waals surface area (Å²) < 4.78 is 0. The minimum absolute atomic E-state index is 0.249. The van der Waals surface area contributed by atoms with Crippen molar-refractivity contribution in [2.45, 2.75) is 40.1 Å². The highest BCUT2D eigenvalue weighted by Gasteiger charge is 2.48. The van der Waals surface area contributed by atoms with E-state index in [1.165, 1.54) is 11.4 Å². The van der Waals surface area contributed by atoms with Crippen LogP contribution in [-0.4, -0.2) is 20.4 Å². The summed E-state index contributed by atoms with van der Waals surface area (Å²) >= 11 is 0. The van der Waals surface area contributed by atoms with Crippen molar-refractivity contribution in [3.05, 3.63) is 60.7 Å². The monoisotopic (exact) mass is 318 g/mol. The fraction of sp³-hybridized carbons (Fsp3) is 0.400. The molecule has 3 rings (SSSR count). The molecule has 0 radical (unpaired) electrons. The molecule has 1 aliphatic rings. The Kier molecular flexibility index (Phi) is 4.67. The molecular formula is C20H28B2N2. The molecule has 4 heteroatoms. The molecule has 1 fully saturated rings. The third-order valence-corrected chi connectivity index (χ3v) is 5.50. The highest BCUT2D eigenvalue weighted by Crippen LogP contribution is 2.43. The third-order valence-electron chi connectivity index (χ3n) is 5.50. The van der Waals surface area contributed by atoms with Crippen molar-refractivity contribution >= 4 is 25.1 Å². The van der Waals surface area contributed by atoms with E-state index in [0.717, 1.165) is 6.67 Å². The molecule has 0 atom stereocenters. The number of hydrogen-bond donors (Lipinski definition) is 0. The maximum absolute atomic E-state index is 2.56. The van der Waals surface area contributed by atoms with Crippen LogP contribution in [0.15, 0.2) is 60.7 Å². The van der Waals surface area contributed by atoms with Gasteiger partial charge in [-0.25, -0.2) is 0 Å². The Labute approximate surface area is 148 Å². The SMILES string of the molecule is CB1C(C(C)(C)C)B(C)N(c2ccccc2)CN1c1ccccc1. The van der Waals surface area contributed by atoms with E-state index in [0.29, 0.717) is 19.4 Å². The topological polar surface area (TPSA) is 6.48 Å². The first-order chi connectivity index (χ1) is 11.4. The number of rotatable bonds is 2. The van der Waals surface area contributed by atoms with Crippen LogP contribution in [0.25, 0.3) is 0 Å². The van der Waals surface area contributed by atoms with Gasteiger partial charge in [0, 0.05) is 11.4 Å². The zero-order valence-electron chi connectivity index (χ0n) is 15.6. The number of para-hydroxylation sites is 2. The van der Waals surface area contributed by atoms with E-state index < -0.39 is 0 Å². The fourth-order valence-electron chi connectivity index (χ4n) is 4.53. The number of benzene rings is 2. The normalized spacial score (nSPS) is 16.7. The number of nitrogens with zero attached hydrogens (tertiary/aromatic N) is 2. The molecular weight excluding hydrogens is 290 g/mol. The average Bonchev–Trinajstić information content (AvgIpc) is 2.55. The van der Waals surface area contributed by atoms with Gasteiger partial charge >= 0.3 is 0 Å². The van der Waals surface area contributed by atoms with Gasteiger partial charge in [0.1, 0.15) is 0 Å². The average molecular weight is 318 g/mol. The molecule has 2 aromatic carbocycles. The van der Waals surface area contributed by atoms with Crippen LogP contribution in [0.1, 0.15) is 20.8 Å². The lowest BCUT2D eigenvalue weighted by Gasteiger charge is -2.53. The molecule has 2 nitrogen and oxygen atoms in total. The van der Waals surface area contributed by atoms with E-state index in [1.54, 1.807) is 0 Å². The fourth-order valence-corrected chi connectivity index (χ4v) is 4.53. The summed E-state index contributed by atoms with van der Waals surface area (Å²) in [4.78, 5) is 5.12. The van der Waals surface area contributed by atoms with Gasteiger partial charge in [-0.1, -0.05) is 70.8 Å². The van der Waals surface area contributed by atoms with Gasteiger partial charge in [0.05, 0.1) is 6.67 Å². The maximum atomic E-state index is 2.56. The lowest BCUT2D eigenvalue weighted by atomic mass is 9.25. The second-order valence-electron chi connectivity index (χ2n) is 8.13. The smallest absolute Gasteiger partial charge is 0.251 e. The van der Waals surface area contributed by atoms with Gasteiger partial charge in [-0.05, 0) is 35.4 Å². The van der Waals surface area contributed by atoms with Crippen LogP contribution in [0.2, 0.25) is 19.4 Å². The molecule has 0 aromatic heterocycles. The molecule has 24 heavy (non-hydrogen) atoms. The van der Waals surface area contributed by atoms with Crippen molar-refractivity contribution in [3.8, 4) is 0 Å². The molecule has 1 heterocycles. The Bertz CT molecular complexity index is 603. The highest BCUT2D eigenvalue weighted by molar-refractivity contribution is 6.84. The van der Waals surface area contributed by atoms with Crippen molar-refractivity contribution in [1.82, 2.24) is 0 Å². The second kappa shape index (κ2) is 6.58. The van der Waals surface area contributed by atoms with Gasteiger partial charge in [0.15, 0.2) is 0 Å². The van der Waals surface area contributed by atoms with Crippen LogP contribution in [-0.2, 0) is 0 Å². The van der Waals surface area contributed by atoms with Gasteiger partial charge < -0.3 is 9.62 Å². The molecule has 0 N–H and O–H groups in total. The van der Waals surface area contributed by atoms with E-state index in [-0.39, 0.29) is 5.41 Å². The first-order valence-corrected chi connectivity index (χ1v) is 9.03. The lowest BCUT2D eigenvalue weighted by molar-refractivity contribution is 0.427. The van der Waals surface area contributed by atoms with E-state index in [2.05, 4.69) is 105 Å². The third kappa shape index (κ3) is 3.19. The van der Waals surface area contributed by atoms with E-state index >= 15 is 0 Å². The predicted octanol–water partition coefficient (Wildman–Crippen LogP) is 5.17. The summed E-state index contributed by atoms with van der Waals surface area (Å²) in [7, 11) is 0. The first kappa shape index (κ1) is 17.0. The van der Waals surface area contributed by atoms with Gasteiger partial charge in [0.2, 0.25) is 0 Å². The van der Waals surface area contributed by atoms with Crippen molar-refractivity contribution in [2.75, 3.05) is 16.3 Å². The predicted molar refractivity (Wildman–Crippen MR) is 109 cm³/mol. The maximum Gasteiger partial charge on any atom is 0.251 e. The molecule has 1 aliphatic heterocycles. The van der Waals surface area contributed by atoms with E-state index in [9.17, 15) is 0 Å². The molecule has 124 valence electrons. The second-order valence-corrected chi connectivity index (χ2v) is 8.13. The number of anilines is 2. The van der Waals surface area contributed by atoms with E-state index in [1.807, 2.05) is 0 Å². The Morgan fingerprint density at radius 3 is 1.46 bits per heavy atom. The standard InChI is InChI=1S/C20H28B2N2/c1-20(2,3)19-21(4)23(17-12-8-6-9-13-17)16-24(22(19)5)18-14-10-7-11-15-18/h6-15,19H,16H2,1-5H3. The molecule has 0 spiro atoms. The van der Waals surface area contributed by atoms with Gasteiger partial charge in [0.25, 0.3) is 13.7 Å². The zero-order chi connectivity index (χ0) is 17.3. The lowest BCUT2D eigenvalue weighted by Crippen LogP contribution is -2.64. The van der Waals surface area contributed by atoms with Crippen LogP contribution in [0.4, 0.5) is 11.4 Å². The summed E-state index contributed by atoms with van der Waals surface area (Å²) in [6, 6.07) is 21.7. The summed E-state index contributed by atoms with van der Waals surface area (Å²) in [5, 5.41) is 0. The van der Waals surface area contributed by atoms with Crippen molar-refractivity contribution in [2.24, 2.45) is 5.41 Å². The van der Waals surface area contributed by atoms with Crippen molar-refractivity contribution in [3.63, 3.8) is 0 Å². The number of hydrogen-bond acceptors (Lipinski definition) is 2. The molecule has 0 unspecified atom stereocenters. The summed E-state index contributed by atoms with van der Waals surface area (Å²) in [6.07, 6.45) is 0. The first-order valence-electron chi connectivity index (χ1n) is 9.03. The largest absolute Gasteiger partial charge is 0.400 e. The van der Waals surface area contributed by atoms with Gasteiger partial charge in [-0.3, -0.25) is 0 Å². The molecule has 0 saturated carbocycles. The van der Waals surface area contributed by atoms with Crippen LogP contribution >= 0.6 is 0 Å². The molecule has 1 saturated heterocycles. The van der Waals surface area contributed by atoms with Crippen molar-refractivity contribution in [1.29, 1.82) is 0 Å². The minimum atomic E-state index is 0.249. The van der Waals surface area contributed by atoms with Gasteiger partial charge in [-0.2, -0.15) is 0 Å². The summed E-state index contributed by atoms with van der Waals surface area (Å²) in [5.41, 5.74) is 3.45. The Morgan fingerprint density at radius 1 is 0.750 bits per heavy atom. The summed E-state index contributed by atoms with van der Waals surface area (Å²) in [5.74, 6) is 0. The minimum Gasteiger partial charge on any atom is -0.400 e. The Balaban J connectivity index is 2.02. The molecule has 0 amide bonds. The Hall–Kier alpha value is -1.83. The van der Waals surface area contributed by atoms with E-state index in [4.69, 9.17) is 0 Å². The van der Waals surface area contributed by atoms with Crippen LogP contribution in [0.5, 0.6) is 0 Å². The van der Waals surface area contributed by atoms with Gasteiger partial charge in [-0.15, -0.1) is 0 Å². The quantitative estimate of drug-likeness (QED) is 0.705. The Morgan fingerprint density at radius 2 is 1.12 bits per heavy atom.